The third-order valence-electron chi connectivity index (χ3n) is 12.6. The Hall–Kier alpha value is -7.92. The number of benzene rings is 10. The number of para-hydroxylation sites is 5. The zero-order valence-electron chi connectivity index (χ0n) is 33.5. The maximum Gasteiger partial charge on any atom is 0.143 e. The molecule has 13 aromatic rings. The van der Waals surface area contributed by atoms with Gasteiger partial charge in [-0.25, -0.2) is 0 Å². The summed E-state index contributed by atoms with van der Waals surface area (Å²) in [5.74, 6) is 0. The molecule has 290 valence electrons. The minimum atomic E-state index is 0.865. The fraction of sp³-hybridized carbons (Fsp3) is 0. The predicted octanol–water partition coefficient (Wildman–Crippen LogP) is 17.0. The molecule has 62 heavy (non-hydrogen) atoms. The first-order valence-corrected chi connectivity index (χ1v) is 21.9. The number of thiophene rings is 1. The van der Waals surface area contributed by atoms with Gasteiger partial charge in [-0.2, -0.15) is 0 Å². The summed E-state index contributed by atoms with van der Waals surface area (Å²) in [6.45, 7) is 0. The second-order valence-electron chi connectivity index (χ2n) is 16.0. The maximum atomic E-state index is 6.92. The van der Waals surface area contributed by atoms with Gasteiger partial charge in [0.05, 0.1) is 22.4 Å². The summed E-state index contributed by atoms with van der Waals surface area (Å²) >= 11 is 1.85. The first kappa shape index (κ1) is 34.9. The van der Waals surface area contributed by atoms with Crippen molar-refractivity contribution in [2.45, 2.75) is 0 Å². The summed E-state index contributed by atoms with van der Waals surface area (Å²) in [5, 5.41) is 9.58. The molecule has 0 saturated carbocycles. The number of hydrogen-bond acceptors (Lipinski definition) is 3. The minimum absolute atomic E-state index is 0.865. The average molecular weight is 809 g/mol. The van der Waals surface area contributed by atoms with Gasteiger partial charge in [0.15, 0.2) is 0 Å². The van der Waals surface area contributed by atoms with Crippen LogP contribution in [0.15, 0.2) is 223 Å². The van der Waals surface area contributed by atoms with Crippen molar-refractivity contribution < 1.29 is 4.42 Å². The zero-order chi connectivity index (χ0) is 40.7. The Kier molecular flexibility index (Phi) is 7.78. The van der Waals surface area contributed by atoms with Gasteiger partial charge in [0, 0.05) is 69.8 Å². The Bertz CT molecular complexity index is 3850. The summed E-state index contributed by atoms with van der Waals surface area (Å²) in [6, 6.07) is 79.4. The van der Waals surface area contributed by atoms with Crippen LogP contribution in [0, 0.1) is 0 Å². The topological polar surface area (TPSA) is 21.3 Å². The van der Waals surface area contributed by atoms with Gasteiger partial charge in [-0.3, -0.25) is 0 Å². The van der Waals surface area contributed by atoms with Gasteiger partial charge in [-0.05, 0) is 89.1 Å². The average Bonchev–Trinajstić information content (AvgIpc) is 4.01. The minimum Gasteiger partial charge on any atom is -0.455 e. The van der Waals surface area contributed by atoms with Crippen LogP contribution < -0.4 is 4.90 Å². The van der Waals surface area contributed by atoms with Crippen molar-refractivity contribution in [2.75, 3.05) is 4.90 Å². The zero-order valence-corrected chi connectivity index (χ0v) is 34.3. The number of furan rings is 1. The Labute approximate surface area is 361 Å². The molecule has 0 amide bonds. The third-order valence-corrected chi connectivity index (χ3v) is 13.7. The Morgan fingerprint density at radius 1 is 0.387 bits per heavy atom. The fourth-order valence-corrected chi connectivity index (χ4v) is 10.9. The number of nitrogens with zero attached hydrogens (tertiary/aromatic N) is 2. The van der Waals surface area contributed by atoms with E-state index in [1.807, 2.05) is 11.3 Å². The molecule has 0 N–H and O–H groups in total. The first-order valence-electron chi connectivity index (χ1n) is 21.1. The van der Waals surface area contributed by atoms with E-state index in [2.05, 4.69) is 228 Å². The molecule has 0 spiro atoms. The molecule has 0 saturated heterocycles. The summed E-state index contributed by atoms with van der Waals surface area (Å²) < 4.78 is 11.9. The van der Waals surface area contributed by atoms with E-state index in [4.69, 9.17) is 4.42 Å². The monoisotopic (exact) mass is 808 g/mol. The molecule has 0 fully saturated rings. The van der Waals surface area contributed by atoms with Crippen LogP contribution in [-0.4, -0.2) is 4.57 Å². The predicted molar refractivity (Wildman–Crippen MR) is 264 cm³/mol. The molecule has 3 aromatic heterocycles. The van der Waals surface area contributed by atoms with Crippen LogP contribution in [0.1, 0.15) is 0 Å². The van der Waals surface area contributed by atoms with E-state index in [-0.39, 0.29) is 0 Å². The van der Waals surface area contributed by atoms with E-state index in [1.54, 1.807) is 0 Å². The number of aromatic nitrogens is 1. The molecule has 4 heteroatoms. The smallest absolute Gasteiger partial charge is 0.143 e. The van der Waals surface area contributed by atoms with Crippen LogP contribution in [0.4, 0.5) is 17.1 Å². The van der Waals surface area contributed by atoms with Gasteiger partial charge in [-0.1, -0.05) is 146 Å². The lowest BCUT2D eigenvalue weighted by atomic mass is 9.97. The Morgan fingerprint density at radius 3 is 1.87 bits per heavy atom. The maximum absolute atomic E-state index is 6.92. The largest absolute Gasteiger partial charge is 0.455 e. The Balaban J connectivity index is 1.11. The lowest BCUT2D eigenvalue weighted by Gasteiger charge is -2.29. The van der Waals surface area contributed by atoms with Crippen molar-refractivity contribution in [3.05, 3.63) is 218 Å². The second kappa shape index (κ2) is 13.8. The van der Waals surface area contributed by atoms with Crippen LogP contribution >= 0.6 is 11.3 Å². The van der Waals surface area contributed by atoms with Crippen molar-refractivity contribution in [3.8, 4) is 27.9 Å². The van der Waals surface area contributed by atoms with E-state index in [1.165, 1.54) is 58.3 Å². The summed E-state index contributed by atoms with van der Waals surface area (Å²) in [4.78, 5) is 2.45. The molecule has 0 atom stereocenters. The van der Waals surface area contributed by atoms with Crippen molar-refractivity contribution in [3.63, 3.8) is 0 Å². The Morgan fingerprint density at radius 2 is 1.03 bits per heavy atom. The van der Waals surface area contributed by atoms with E-state index in [9.17, 15) is 0 Å². The molecule has 3 nitrogen and oxygen atoms in total. The van der Waals surface area contributed by atoms with Gasteiger partial charge >= 0.3 is 0 Å². The van der Waals surface area contributed by atoms with Gasteiger partial charge in [-0.15, -0.1) is 11.3 Å². The molecule has 0 aliphatic rings. The SMILES string of the molecule is c1ccc(N(c2ccc3ccccc3c2)c2cc(-c3ccccc3-n3c4ccccc4c4ccccc43)c3oc4ccccc4c3c2)c(-c2ccc3sc4ccccc4c3c2)c1. The fourth-order valence-electron chi connectivity index (χ4n) is 9.77. The van der Waals surface area contributed by atoms with Crippen LogP contribution in [0.2, 0.25) is 0 Å². The summed E-state index contributed by atoms with van der Waals surface area (Å²) in [7, 11) is 0. The molecule has 10 aromatic carbocycles. The molecular weight excluding hydrogens is 773 g/mol. The second-order valence-corrected chi connectivity index (χ2v) is 17.1. The summed E-state index contributed by atoms with van der Waals surface area (Å²) in [6.07, 6.45) is 0. The van der Waals surface area contributed by atoms with Crippen molar-refractivity contribution in [2.24, 2.45) is 0 Å². The first-order chi connectivity index (χ1) is 30.7. The van der Waals surface area contributed by atoms with Gasteiger partial charge < -0.3 is 13.9 Å². The molecule has 0 unspecified atom stereocenters. The normalized spacial score (nSPS) is 11.9. The molecule has 0 bridgehead atoms. The molecular formula is C58H36N2OS. The van der Waals surface area contributed by atoms with Gasteiger partial charge in [0.2, 0.25) is 0 Å². The summed E-state index contributed by atoms with van der Waals surface area (Å²) in [5.41, 5.74) is 12.8. The third kappa shape index (κ3) is 5.37. The van der Waals surface area contributed by atoms with E-state index in [0.717, 1.165) is 61.4 Å². The van der Waals surface area contributed by atoms with Crippen molar-refractivity contribution in [1.29, 1.82) is 0 Å². The molecule has 0 aliphatic heterocycles. The van der Waals surface area contributed by atoms with Gasteiger partial charge in [0.25, 0.3) is 0 Å². The van der Waals surface area contributed by atoms with Gasteiger partial charge in [0.1, 0.15) is 11.2 Å². The number of fused-ring (bicyclic) bond motifs is 10. The van der Waals surface area contributed by atoms with Crippen LogP contribution in [0.25, 0.3) is 103 Å². The highest BCUT2D eigenvalue weighted by molar-refractivity contribution is 7.25. The quantitative estimate of drug-likeness (QED) is 0.167. The lowest BCUT2D eigenvalue weighted by molar-refractivity contribution is 0.670. The van der Waals surface area contributed by atoms with Crippen LogP contribution in [0.3, 0.4) is 0 Å². The van der Waals surface area contributed by atoms with E-state index in [0.29, 0.717) is 0 Å². The van der Waals surface area contributed by atoms with Crippen molar-refractivity contribution in [1.82, 2.24) is 4.57 Å². The number of rotatable bonds is 6. The lowest BCUT2D eigenvalue weighted by Crippen LogP contribution is -2.11. The van der Waals surface area contributed by atoms with Crippen LogP contribution in [-0.2, 0) is 0 Å². The highest BCUT2D eigenvalue weighted by Gasteiger charge is 2.24. The molecule has 3 heterocycles. The molecule has 13 rings (SSSR count). The molecule has 0 aliphatic carbocycles. The van der Waals surface area contributed by atoms with Crippen molar-refractivity contribution >= 4 is 103 Å². The number of hydrogen-bond donors (Lipinski definition) is 0. The van der Waals surface area contributed by atoms with Crippen LogP contribution in [0.5, 0.6) is 0 Å². The highest BCUT2D eigenvalue weighted by Crippen LogP contribution is 2.48. The number of anilines is 3. The van der Waals surface area contributed by atoms with E-state index >= 15 is 0 Å². The van der Waals surface area contributed by atoms with E-state index < -0.39 is 0 Å². The standard InChI is InChI=1S/C58H36N2OS/c1-2-16-38-33-40(31-29-37(38)15-1)59(51-23-9-3-17-42(51)39-30-32-57-48(34-39)47-22-8-14-28-56(47)62-57)41-35-49(58-50(36-41)46-21-7-13-27-55(46)61-58)45-20-6-12-26-54(45)60-52-24-10-4-18-43(52)44-19-5-11-25-53(44)60/h1-36H. The highest BCUT2D eigenvalue weighted by atomic mass is 32.1. The molecule has 0 radical (unpaired) electrons.